The number of halogens is 2. The molecule has 1 unspecified atom stereocenters. The van der Waals surface area contributed by atoms with Crippen molar-refractivity contribution in [2.24, 2.45) is 0 Å². The Morgan fingerprint density at radius 1 is 1.28 bits per heavy atom. The summed E-state index contributed by atoms with van der Waals surface area (Å²) in [6.45, 7) is 2.20. The number of fused-ring (bicyclic) bond motifs is 1. The maximum Gasteiger partial charge on any atom is 0.233 e. The molecule has 0 bridgehead atoms. The van der Waals surface area contributed by atoms with Crippen LogP contribution in [-0.2, 0) is 28.6 Å². The number of nitrogen functional groups attached to an aromatic ring is 1. The molecule has 2 aromatic rings. The summed E-state index contributed by atoms with van der Waals surface area (Å²) in [7, 11) is -1.34. The Kier molecular flexibility index (Phi) is 5.27. The summed E-state index contributed by atoms with van der Waals surface area (Å²) in [6.07, 6.45) is 0.863. The monoisotopic (exact) mass is 398 g/mol. The van der Waals surface area contributed by atoms with Crippen molar-refractivity contribution < 1.29 is 9.00 Å². The van der Waals surface area contributed by atoms with E-state index in [1.54, 1.807) is 18.2 Å². The largest absolute Gasteiger partial charge is 0.383 e. The van der Waals surface area contributed by atoms with Crippen LogP contribution in [0.3, 0.4) is 0 Å². The highest BCUT2D eigenvalue weighted by Gasteiger charge is 2.32. The van der Waals surface area contributed by atoms with Gasteiger partial charge in [0.2, 0.25) is 11.1 Å². The zero-order valence-electron chi connectivity index (χ0n) is 13.5. The van der Waals surface area contributed by atoms with Gasteiger partial charge in [-0.2, -0.15) is 0 Å². The van der Waals surface area contributed by atoms with Gasteiger partial charge in [0.15, 0.2) is 0 Å². The van der Waals surface area contributed by atoms with Crippen molar-refractivity contribution in [3.63, 3.8) is 0 Å². The van der Waals surface area contributed by atoms with Gasteiger partial charge >= 0.3 is 0 Å². The van der Waals surface area contributed by atoms with Gasteiger partial charge in [-0.15, -0.1) is 0 Å². The molecular formula is C16H16Cl2N4O2S. The number of anilines is 2. The topological polar surface area (TPSA) is 89.2 Å². The van der Waals surface area contributed by atoms with Crippen LogP contribution in [0.1, 0.15) is 24.5 Å². The SMILES string of the molecule is CCCS(=O)c1nc(N)c2c(n1)N(Cc1ccc(Cl)c(Cl)c1)C(=O)C2. The molecule has 1 aliphatic rings. The minimum atomic E-state index is -1.34. The summed E-state index contributed by atoms with van der Waals surface area (Å²) in [4.78, 5) is 22.4. The number of nitrogens with two attached hydrogens (primary N) is 1. The van der Waals surface area contributed by atoms with Gasteiger partial charge in [-0.1, -0.05) is 36.2 Å². The molecule has 2 N–H and O–H groups in total. The Labute approximate surface area is 157 Å². The fourth-order valence-electron chi connectivity index (χ4n) is 2.59. The third kappa shape index (κ3) is 3.63. The summed E-state index contributed by atoms with van der Waals surface area (Å²) in [5, 5.41) is 1.02. The van der Waals surface area contributed by atoms with E-state index in [9.17, 15) is 9.00 Å². The third-order valence-electron chi connectivity index (χ3n) is 3.80. The number of amides is 1. The van der Waals surface area contributed by atoms with E-state index in [4.69, 9.17) is 28.9 Å². The molecule has 1 atom stereocenters. The molecule has 132 valence electrons. The lowest BCUT2D eigenvalue weighted by Crippen LogP contribution is -2.27. The summed E-state index contributed by atoms with van der Waals surface area (Å²) < 4.78 is 12.2. The van der Waals surface area contributed by atoms with Crippen LogP contribution in [0.4, 0.5) is 11.6 Å². The smallest absolute Gasteiger partial charge is 0.233 e. The zero-order chi connectivity index (χ0) is 18.1. The molecule has 1 amide bonds. The van der Waals surface area contributed by atoms with Crippen LogP contribution < -0.4 is 10.6 Å². The minimum absolute atomic E-state index is 0.128. The predicted molar refractivity (Wildman–Crippen MR) is 99.4 cm³/mol. The fourth-order valence-corrected chi connectivity index (χ4v) is 3.85. The lowest BCUT2D eigenvalue weighted by atomic mass is 10.2. The number of rotatable bonds is 5. The Bertz CT molecular complexity index is 875. The van der Waals surface area contributed by atoms with Crippen molar-refractivity contribution >= 4 is 51.5 Å². The lowest BCUT2D eigenvalue weighted by Gasteiger charge is -2.17. The maximum absolute atomic E-state index is 12.4. The molecule has 0 fully saturated rings. The summed E-state index contributed by atoms with van der Waals surface area (Å²) >= 11 is 12.0. The van der Waals surface area contributed by atoms with Gasteiger partial charge in [0.1, 0.15) is 11.6 Å². The Balaban J connectivity index is 1.96. The van der Waals surface area contributed by atoms with E-state index >= 15 is 0 Å². The maximum atomic E-state index is 12.4. The van der Waals surface area contributed by atoms with E-state index in [1.165, 1.54) is 4.90 Å². The average Bonchev–Trinajstić information content (AvgIpc) is 2.88. The zero-order valence-corrected chi connectivity index (χ0v) is 15.8. The molecule has 25 heavy (non-hydrogen) atoms. The quantitative estimate of drug-likeness (QED) is 0.781. The normalized spacial score (nSPS) is 14.7. The van der Waals surface area contributed by atoms with Gasteiger partial charge < -0.3 is 5.73 Å². The first-order valence-electron chi connectivity index (χ1n) is 7.69. The van der Waals surface area contributed by atoms with Crippen molar-refractivity contribution in [1.82, 2.24) is 9.97 Å². The second kappa shape index (κ2) is 7.27. The molecule has 1 aromatic carbocycles. The molecule has 0 aliphatic carbocycles. The van der Waals surface area contributed by atoms with Gasteiger partial charge in [-0.25, -0.2) is 9.97 Å². The van der Waals surface area contributed by atoms with E-state index in [1.807, 2.05) is 6.92 Å². The second-order valence-electron chi connectivity index (χ2n) is 5.65. The highest BCUT2D eigenvalue weighted by Crippen LogP contribution is 2.33. The van der Waals surface area contributed by atoms with Crippen molar-refractivity contribution in [3.8, 4) is 0 Å². The van der Waals surface area contributed by atoms with Gasteiger partial charge in [-0.05, 0) is 24.1 Å². The number of hydrogen-bond donors (Lipinski definition) is 1. The average molecular weight is 399 g/mol. The molecule has 0 saturated heterocycles. The van der Waals surface area contributed by atoms with Crippen LogP contribution in [0.5, 0.6) is 0 Å². The van der Waals surface area contributed by atoms with Gasteiger partial charge in [-0.3, -0.25) is 13.9 Å². The van der Waals surface area contributed by atoms with E-state index in [2.05, 4.69) is 9.97 Å². The van der Waals surface area contributed by atoms with Crippen LogP contribution in [0.15, 0.2) is 23.4 Å². The molecule has 9 heteroatoms. The summed E-state index contributed by atoms with van der Waals surface area (Å²) in [5.41, 5.74) is 7.35. The first-order chi connectivity index (χ1) is 11.9. The van der Waals surface area contributed by atoms with Crippen molar-refractivity contribution in [2.75, 3.05) is 16.4 Å². The first-order valence-corrected chi connectivity index (χ1v) is 9.77. The third-order valence-corrected chi connectivity index (χ3v) is 5.91. The molecule has 0 saturated carbocycles. The lowest BCUT2D eigenvalue weighted by molar-refractivity contribution is -0.117. The van der Waals surface area contributed by atoms with E-state index in [0.29, 0.717) is 27.2 Å². The van der Waals surface area contributed by atoms with Crippen molar-refractivity contribution in [3.05, 3.63) is 39.4 Å². The van der Waals surface area contributed by atoms with Gasteiger partial charge in [0.25, 0.3) is 0 Å². The number of nitrogens with zero attached hydrogens (tertiary/aromatic N) is 3. The van der Waals surface area contributed by atoms with Gasteiger partial charge in [0, 0.05) is 11.3 Å². The molecule has 1 aliphatic heterocycles. The minimum Gasteiger partial charge on any atom is -0.383 e. The Morgan fingerprint density at radius 2 is 2.04 bits per heavy atom. The highest BCUT2D eigenvalue weighted by atomic mass is 35.5. The number of carbonyl (C=O) groups is 1. The standard InChI is InChI=1S/C16H16Cl2N4O2S/c1-2-5-25(24)16-20-14(19)10-7-13(23)22(15(10)21-16)8-9-3-4-11(17)12(18)6-9/h3-4,6H,2,5,7-8H2,1H3,(H2,19,20,21). The number of aromatic nitrogens is 2. The predicted octanol–water partition coefficient (Wildman–Crippen LogP) is 2.97. The first kappa shape index (κ1) is 18.1. The molecule has 3 rings (SSSR count). The number of benzene rings is 1. The Hall–Kier alpha value is -1.70. The Morgan fingerprint density at radius 3 is 2.72 bits per heavy atom. The molecule has 0 spiro atoms. The molecular weight excluding hydrogens is 383 g/mol. The van der Waals surface area contributed by atoms with Crippen LogP contribution in [0, 0.1) is 0 Å². The van der Waals surface area contributed by atoms with Crippen LogP contribution in [0.2, 0.25) is 10.0 Å². The highest BCUT2D eigenvalue weighted by molar-refractivity contribution is 7.84. The molecule has 6 nitrogen and oxygen atoms in total. The molecule has 0 radical (unpaired) electrons. The summed E-state index contributed by atoms with van der Waals surface area (Å²) in [5.74, 6) is 0.928. The summed E-state index contributed by atoms with van der Waals surface area (Å²) in [6, 6.07) is 5.17. The van der Waals surface area contributed by atoms with Crippen LogP contribution >= 0.6 is 23.2 Å². The number of carbonyl (C=O) groups excluding carboxylic acids is 1. The number of hydrogen-bond acceptors (Lipinski definition) is 5. The van der Waals surface area contributed by atoms with E-state index < -0.39 is 10.8 Å². The van der Waals surface area contributed by atoms with Crippen molar-refractivity contribution in [2.45, 2.75) is 31.5 Å². The van der Waals surface area contributed by atoms with Crippen LogP contribution in [-0.4, -0.2) is 25.8 Å². The van der Waals surface area contributed by atoms with E-state index in [0.717, 1.165) is 12.0 Å². The fraction of sp³-hybridized carbons (Fsp3) is 0.312. The molecule has 2 heterocycles. The van der Waals surface area contributed by atoms with Gasteiger partial charge in [0.05, 0.1) is 33.8 Å². The second-order valence-corrected chi connectivity index (χ2v) is 7.93. The van der Waals surface area contributed by atoms with Crippen LogP contribution in [0.25, 0.3) is 0 Å². The van der Waals surface area contributed by atoms with E-state index in [-0.39, 0.29) is 29.8 Å². The molecule has 1 aromatic heterocycles. The van der Waals surface area contributed by atoms with Crippen molar-refractivity contribution in [1.29, 1.82) is 0 Å².